The normalized spacial score (nSPS) is 17.7. The molecule has 178 valence electrons. The molecule has 0 N–H and O–H groups in total. The fourth-order valence-corrected chi connectivity index (χ4v) is 4.33. The molecule has 11 nitrogen and oxygen atoms in total. The number of amides is 2. The minimum Gasteiger partial charge on any atom is -0.337 e. The monoisotopic (exact) mass is 474 g/mol. The van der Waals surface area contributed by atoms with E-state index in [2.05, 4.69) is 25.2 Å². The van der Waals surface area contributed by atoms with E-state index in [1.54, 1.807) is 34.1 Å². The second-order valence-corrected chi connectivity index (χ2v) is 8.37. The molecule has 5 rings (SSSR count). The molecule has 2 aliphatic rings. The number of nitriles is 1. The molecule has 35 heavy (non-hydrogen) atoms. The SMILES string of the molecule is Cc1nc(C)n(-c2ccnc(N3CCN(C(=O)N4N=CC[C@H]4c4cc(F)cc(C#N)c4)CC3)n2)n1. The molecule has 0 unspecified atom stereocenters. The topological polar surface area (TPSA) is 119 Å². The maximum Gasteiger partial charge on any atom is 0.341 e. The van der Waals surface area contributed by atoms with Crippen LogP contribution < -0.4 is 4.90 Å². The maximum atomic E-state index is 14.0. The number of halogens is 1. The highest BCUT2D eigenvalue weighted by Crippen LogP contribution is 2.30. The van der Waals surface area contributed by atoms with Crippen LogP contribution in [0.5, 0.6) is 0 Å². The van der Waals surface area contributed by atoms with Crippen molar-refractivity contribution in [1.82, 2.24) is 34.6 Å². The van der Waals surface area contributed by atoms with Gasteiger partial charge in [-0.25, -0.2) is 24.2 Å². The van der Waals surface area contributed by atoms with Crippen molar-refractivity contribution in [2.45, 2.75) is 26.3 Å². The zero-order chi connectivity index (χ0) is 24.5. The third-order valence-electron chi connectivity index (χ3n) is 6.01. The minimum absolute atomic E-state index is 0.214. The maximum absolute atomic E-state index is 14.0. The fraction of sp³-hybridized carbons (Fsp3) is 0.348. The molecule has 1 fully saturated rings. The molecule has 3 aromatic rings. The number of piperazine rings is 1. The average molecular weight is 475 g/mol. The molecule has 1 saturated heterocycles. The molecule has 2 amide bonds. The van der Waals surface area contributed by atoms with E-state index in [1.165, 1.54) is 17.1 Å². The number of nitrogens with zero attached hydrogens (tertiary/aromatic N) is 10. The van der Waals surface area contributed by atoms with E-state index in [1.807, 2.05) is 24.8 Å². The molecule has 12 heteroatoms. The smallest absolute Gasteiger partial charge is 0.337 e. The van der Waals surface area contributed by atoms with Crippen molar-refractivity contribution in [3.05, 3.63) is 59.1 Å². The Morgan fingerprint density at radius 1 is 1.14 bits per heavy atom. The summed E-state index contributed by atoms with van der Waals surface area (Å²) in [7, 11) is 0. The Labute approximate surface area is 201 Å². The van der Waals surface area contributed by atoms with Crippen LogP contribution in [-0.2, 0) is 0 Å². The highest BCUT2D eigenvalue weighted by molar-refractivity contribution is 5.78. The first kappa shape index (κ1) is 22.4. The molecule has 0 aliphatic carbocycles. The first-order chi connectivity index (χ1) is 16.9. The van der Waals surface area contributed by atoms with Crippen molar-refractivity contribution in [3.63, 3.8) is 0 Å². The van der Waals surface area contributed by atoms with Gasteiger partial charge in [0.2, 0.25) is 5.95 Å². The van der Waals surface area contributed by atoms with Crippen LogP contribution in [0.1, 0.15) is 35.2 Å². The summed E-state index contributed by atoms with van der Waals surface area (Å²) < 4.78 is 15.7. The Hall–Kier alpha value is -4.40. The predicted molar refractivity (Wildman–Crippen MR) is 124 cm³/mol. The lowest BCUT2D eigenvalue weighted by atomic mass is 10.0. The summed E-state index contributed by atoms with van der Waals surface area (Å²) in [5.74, 6) is 2.09. The Morgan fingerprint density at radius 2 is 1.94 bits per heavy atom. The van der Waals surface area contributed by atoms with Crippen LogP contribution in [0.4, 0.5) is 15.1 Å². The molecule has 1 aromatic carbocycles. The minimum atomic E-state index is -0.509. The lowest BCUT2D eigenvalue weighted by Crippen LogP contribution is -2.52. The molecule has 0 saturated carbocycles. The summed E-state index contributed by atoms with van der Waals surface area (Å²) in [5, 5.41) is 19.2. The highest BCUT2D eigenvalue weighted by atomic mass is 19.1. The number of anilines is 1. The zero-order valence-corrected chi connectivity index (χ0v) is 19.3. The molecule has 4 heterocycles. The van der Waals surface area contributed by atoms with Gasteiger partial charge in [-0.15, -0.1) is 5.10 Å². The van der Waals surface area contributed by atoms with E-state index < -0.39 is 11.9 Å². The fourth-order valence-electron chi connectivity index (χ4n) is 4.33. The van der Waals surface area contributed by atoms with E-state index in [9.17, 15) is 9.18 Å². The lowest BCUT2D eigenvalue weighted by molar-refractivity contribution is 0.139. The quantitative estimate of drug-likeness (QED) is 0.572. The van der Waals surface area contributed by atoms with Gasteiger partial charge in [-0.3, -0.25) is 0 Å². The average Bonchev–Trinajstić information content (AvgIpc) is 3.49. The predicted octanol–water partition coefficient (Wildman–Crippen LogP) is 2.36. The Balaban J connectivity index is 1.27. The second-order valence-electron chi connectivity index (χ2n) is 8.37. The highest BCUT2D eigenvalue weighted by Gasteiger charge is 2.33. The van der Waals surface area contributed by atoms with Gasteiger partial charge in [-0.05, 0) is 37.6 Å². The van der Waals surface area contributed by atoms with E-state index in [4.69, 9.17) is 5.26 Å². The summed E-state index contributed by atoms with van der Waals surface area (Å²) in [5.41, 5.74) is 0.765. The number of hydrogen-bond donors (Lipinski definition) is 0. The standard InChI is InChI=1S/C23H23FN10O/c1-15-28-16(2)33(30-15)21-4-5-26-22(29-21)31-7-9-32(10-8-31)23(35)34-20(3-6-27-34)18-11-17(14-25)12-19(24)13-18/h4-6,11-13,20H,3,7-10H2,1-2H3/t20-/m0/s1. The van der Waals surface area contributed by atoms with Crippen molar-refractivity contribution < 1.29 is 9.18 Å². The number of benzene rings is 1. The van der Waals surface area contributed by atoms with Crippen molar-refractivity contribution >= 4 is 18.2 Å². The molecule has 0 spiro atoms. The number of aryl methyl sites for hydroxylation is 2. The van der Waals surface area contributed by atoms with Gasteiger partial charge in [0.1, 0.15) is 17.5 Å². The van der Waals surface area contributed by atoms with Gasteiger partial charge >= 0.3 is 6.03 Å². The van der Waals surface area contributed by atoms with Gasteiger partial charge in [0.05, 0.1) is 17.7 Å². The van der Waals surface area contributed by atoms with E-state index in [0.29, 0.717) is 55.8 Å². The van der Waals surface area contributed by atoms with Crippen molar-refractivity contribution in [3.8, 4) is 11.9 Å². The number of rotatable bonds is 3. The molecule has 2 aliphatic heterocycles. The summed E-state index contributed by atoms with van der Waals surface area (Å²) in [6, 6.07) is 7.16. The Morgan fingerprint density at radius 3 is 2.66 bits per heavy atom. The molecule has 0 bridgehead atoms. The Kier molecular flexibility index (Phi) is 5.82. The number of carbonyl (C=O) groups excluding carboxylic acids is 1. The van der Waals surface area contributed by atoms with Gasteiger partial charge in [-0.2, -0.15) is 20.0 Å². The number of hydrazone groups is 1. The number of aromatic nitrogens is 5. The molecular weight excluding hydrogens is 451 g/mol. The molecule has 1 atom stereocenters. The zero-order valence-electron chi connectivity index (χ0n) is 19.3. The number of carbonyl (C=O) groups is 1. The third kappa shape index (κ3) is 4.40. The second kappa shape index (κ2) is 9.09. The number of urea groups is 1. The third-order valence-corrected chi connectivity index (χ3v) is 6.01. The van der Waals surface area contributed by atoms with E-state index >= 15 is 0 Å². The van der Waals surface area contributed by atoms with Gasteiger partial charge in [0.15, 0.2) is 5.82 Å². The van der Waals surface area contributed by atoms with E-state index in [0.717, 1.165) is 5.82 Å². The van der Waals surface area contributed by atoms with Crippen molar-refractivity contribution in [1.29, 1.82) is 5.26 Å². The first-order valence-electron chi connectivity index (χ1n) is 11.2. The summed E-state index contributed by atoms with van der Waals surface area (Å²) in [6.45, 7) is 5.70. The van der Waals surface area contributed by atoms with Gasteiger partial charge < -0.3 is 9.80 Å². The number of hydrogen-bond acceptors (Lipinski definition) is 8. The van der Waals surface area contributed by atoms with E-state index in [-0.39, 0.29) is 11.6 Å². The first-order valence-corrected chi connectivity index (χ1v) is 11.2. The van der Waals surface area contributed by atoms with Crippen LogP contribution in [0.25, 0.3) is 5.82 Å². The van der Waals surface area contributed by atoms with Crippen molar-refractivity contribution in [2.24, 2.45) is 5.10 Å². The summed E-state index contributed by atoms with van der Waals surface area (Å²) >= 11 is 0. The van der Waals surface area contributed by atoms with Crippen LogP contribution in [-0.4, -0.2) is 73.1 Å². The van der Waals surface area contributed by atoms with Crippen LogP contribution in [0.3, 0.4) is 0 Å². The van der Waals surface area contributed by atoms with Crippen LogP contribution in [0.2, 0.25) is 0 Å². The van der Waals surface area contributed by atoms with Crippen LogP contribution >= 0.6 is 0 Å². The van der Waals surface area contributed by atoms with Crippen LogP contribution in [0.15, 0.2) is 35.6 Å². The van der Waals surface area contributed by atoms with Gasteiger partial charge in [0.25, 0.3) is 0 Å². The van der Waals surface area contributed by atoms with Gasteiger partial charge in [-0.1, -0.05) is 0 Å². The Bertz CT molecular complexity index is 1340. The summed E-state index contributed by atoms with van der Waals surface area (Å²) in [6.07, 6.45) is 3.79. The van der Waals surface area contributed by atoms with Gasteiger partial charge in [0, 0.05) is 51.1 Å². The summed E-state index contributed by atoms with van der Waals surface area (Å²) in [4.78, 5) is 30.4. The largest absolute Gasteiger partial charge is 0.341 e. The lowest BCUT2D eigenvalue weighted by Gasteiger charge is -2.37. The molecular formula is C23H23FN10O. The molecule has 0 radical (unpaired) electrons. The van der Waals surface area contributed by atoms with Crippen LogP contribution in [0, 0.1) is 31.0 Å². The molecule has 2 aromatic heterocycles. The van der Waals surface area contributed by atoms with Crippen molar-refractivity contribution in [2.75, 3.05) is 31.1 Å².